The van der Waals surface area contributed by atoms with Gasteiger partial charge < -0.3 is 20.7 Å². The van der Waals surface area contributed by atoms with Crippen LogP contribution < -0.4 is 11.1 Å². The van der Waals surface area contributed by atoms with Crippen molar-refractivity contribution in [3.05, 3.63) is 35.9 Å². The Labute approximate surface area is 160 Å². The van der Waals surface area contributed by atoms with Crippen LogP contribution in [-0.2, 0) is 16.0 Å². The summed E-state index contributed by atoms with van der Waals surface area (Å²) in [6.07, 6.45) is 2.12. The molecule has 0 aromatic heterocycles. The monoisotopic (exact) mass is 446 g/mol. The zero-order valence-corrected chi connectivity index (χ0v) is 16.6. The maximum atomic E-state index is 11.8. The number of nitrogens with two attached hydrogens (primary N) is 1. The molecule has 3 N–H and O–H groups in total. The van der Waals surface area contributed by atoms with Crippen molar-refractivity contribution in [2.75, 3.05) is 27.2 Å². The fourth-order valence-corrected chi connectivity index (χ4v) is 2.55. The lowest BCUT2D eigenvalue weighted by molar-refractivity contribution is -0.140. The van der Waals surface area contributed by atoms with Gasteiger partial charge in [-0.25, -0.2) is 0 Å². The first kappa shape index (κ1) is 20.7. The number of ether oxygens (including phenoxy) is 1. The molecule has 2 atom stereocenters. The third-order valence-electron chi connectivity index (χ3n) is 3.85. The lowest BCUT2D eigenvalue weighted by Gasteiger charge is -2.16. The first-order chi connectivity index (χ1) is 11.1. The molecular formula is C17H27IN4O2. The lowest BCUT2D eigenvalue weighted by atomic mass is 10.1. The minimum atomic E-state index is -0.336. The number of nitrogens with zero attached hydrogens (tertiary/aromatic N) is 2. The third kappa shape index (κ3) is 6.64. The average molecular weight is 446 g/mol. The van der Waals surface area contributed by atoms with Gasteiger partial charge >= 0.3 is 0 Å². The molecule has 1 amide bonds. The highest BCUT2D eigenvalue weighted by Gasteiger charge is 2.31. The Morgan fingerprint density at radius 2 is 2.04 bits per heavy atom. The summed E-state index contributed by atoms with van der Waals surface area (Å²) >= 11 is 0. The van der Waals surface area contributed by atoms with Gasteiger partial charge in [0.1, 0.15) is 6.10 Å². The Bertz CT molecular complexity index is 537. The second-order valence-electron chi connectivity index (χ2n) is 5.95. The van der Waals surface area contributed by atoms with Crippen LogP contribution in [0.15, 0.2) is 35.3 Å². The Kier molecular flexibility index (Phi) is 9.05. The fourth-order valence-electron chi connectivity index (χ4n) is 2.55. The second-order valence-corrected chi connectivity index (χ2v) is 5.95. The molecule has 1 aromatic carbocycles. The third-order valence-corrected chi connectivity index (χ3v) is 3.85. The Morgan fingerprint density at radius 1 is 1.33 bits per heavy atom. The van der Waals surface area contributed by atoms with E-state index < -0.39 is 0 Å². The minimum Gasteiger partial charge on any atom is -0.370 e. The maximum Gasteiger partial charge on any atom is 0.251 e. The molecule has 1 fully saturated rings. The average Bonchev–Trinajstić information content (AvgIpc) is 3.02. The maximum absolute atomic E-state index is 11.8. The van der Waals surface area contributed by atoms with Gasteiger partial charge in [-0.1, -0.05) is 30.3 Å². The van der Waals surface area contributed by atoms with Crippen LogP contribution in [0.3, 0.4) is 0 Å². The number of benzene rings is 1. The van der Waals surface area contributed by atoms with Crippen molar-refractivity contribution < 1.29 is 9.53 Å². The van der Waals surface area contributed by atoms with Crippen molar-refractivity contribution in [3.63, 3.8) is 0 Å². The van der Waals surface area contributed by atoms with Crippen molar-refractivity contribution in [1.29, 1.82) is 0 Å². The molecule has 1 heterocycles. The van der Waals surface area contributed by atoms with Crippen LogP contribution >= 0.6 is 24.0 Å². The van der Waals surface area contributed by atoms with E-state index in [-0.39, 0.29) is 42.1 Å². The van der Waals surface area contributed by atoms with Gasteiger partial charge in [0.05, 0.1) is 12.6 Å². The number of likely N-dealkylation sites (N-methyl/N-ethyl adjacent to an activating group) is 1. The van der Waals surface area contributed by atoms with Crippen molar-refractivity contribution in [1.82, 2.24) is 10.2 Å². The molecule has 24 heavy (non-hydrogen) atoms. The highest BCUT2D eigenvalue weighted by atomic mass is 127. The molecule has 0 aliphatic carbocycles. The van der Waals surface area contributed by atoms with E-state index >= 15 is 0 Å². The Balaban J connectivity index is 0.00000288. The van der Waals surface area contributed by atoms with E-state index in [0.29, 0.717) is 12.5 Å². The summed E-state index contributed by atoms with van der Waals surface area (Å²) in [6, 6.07) is 10.2. The van der Waals surface area contributed by atoms with E-state index in [1.165, 1.54) is 5.56 Å². The highest BCUT2D eigenvalue weighted by Crippen LogP contribution is 2.21. The summed E-state index contributed by atoms with van der Waals surface area (Å²) in [5.41, 5.74) is 7.13. The summed E-state index contributed by atoms with van der Waals surface area (Å²) in [7, 11) is 3.48. The predicted molar refractivity (Wildman–Crippen MR) is 107 cm³/mol. The van der Waals surface area contributed by atoms with E-state index in [4.69, 9.17) is 10.5 Å². The smallest absolute Gasteiger partial charge is 0.251 e. The Hall–Kier alpha value is -1.35. The predicted octanol–water partition coefficient (Wildman–Crippen LogP) is 1.39. The molecule has 7 heteroatoms. The number of guanidine groups is 1. The standard InChI is InChI=1S/C17H26N4O2.HI/c1-21(2)16(22)15-9-8-14(23-15)12-20-17(18)19-11-10-13-6-4-3-5-7-13;/h3-7,14-15H,8-12H2,1-2H3,(H3,18,19,20);1H. The van der Waals surface area contributed by atoms with E-state index in [9.17, 15) is 4.79 Å². The van der Waals surface area contributed by atoms with Crippen LogP contribution in [0.25, 0.3) is 0 Å². The second kappa shape index (κ2) is 10.5. The van der Waals surface area contributed by atoms with Gasteiger partial charge in [0.15, 0.2) is 5.96 Å². The van der Waals surface area contributed by atoms with E-state index in [0.717, 1.165) is 25.8 Å². The molecule has 0 radical (unpaired) electrons. The van der Waals surface area contributed by atoms with Gasteiger partial charge in [0, 0.05) is 20.6 Å². The number of nitrogens with one attached hydrogen (secondary N) is 1. The van der Waals surface area contributed by atoms with E-state index in [1.54, 1.807) is 19.0 Å². The van der Waals surface area contributed by atoms with Gasteiger partial charge in [-0.05, 0) is 24.8 Å². The van der Waals surface area contributed by atoms with Crippen molar-refractivity contribution >= 4 is 35.8 Å². The Morgan fingerprint density at radius 3 is 2.71 bits per heavy atom. The summed E-state index contributed by atoms with van der Waals surface area (Å²) in [6.45, 7) is 1.23. The zero-order chi connectivity index (χ0) is 16.7. The van der Waals surface area contributed by atoms with E-state index in [1.807, 2.05) is 18.2 Å². The van der Waals surface area contributed by atoms with Crippen molar-refractivity contribution in [3.8, 4) is 0 Å². The fraction of sp³-hybridized carbons (Fsp3) is 0.529. The van der Waals surface area contributed by atoms with Gasteiger partial charge in [0.2, 0.25) is 0 Å². The first-order valence-corrected chi connectivity index (χ1v) is 8.00. The molecule has 0 saturated carbocycles. The van der Waals surface area contributed by atoms with Gasteiger partial charge in [0.25, 0.3) is 5.91 Å². The molecule has 134 valence electrons. The van der Waals surface area contributed by atoms with Crippen LogP contribution in [0.2, 0.25) is 0 Å². The van der Waals surface area contributed by atoms with Crippen LogP contribution in [-0.4, -0.2) is 56.2 Å². The number of hydrogen-bond acceptors (Lipinski definition) is 3. The molecule has 2 unspecified atom stereocenters. The molecular weight excluding hydrogens is 419 g/mol. The summed E-state index contributed by atoms with van der Waals surface area (Å²) in [4.78, 5) is 17.7. The van der Waals surface area contributed by atoms with Crippen molar-refractivity contribution in [2.45, 2.75) is 31.5 Å². The lowest BCUT2D eigenvalue weighted by Crippen LogP contribution is -2.35. The molecule has 6 nitrogen and oxygen atoms in total. The summed E-state index contributed by atoms with van der Waals surface area (Å²) in [5, 5.41) is 3.10. The number of carbonyl (C=O) groups is 1. The van der Waals surface area contributed by atoms with E-state index in [2.05, 4.69) is 22.4 Å². The topological polar surface area (TPSA) is 80.0 Å². The molecule has 1 aliphatic heterocycles. The SMILES string of the molecule is CN(C)C(=O)C1CCC(CN=C(N)NCCc2ccccc2)O1.I. The van der Waals surface area contributed by atoms with Crippen LogP contribution in [0.5, 0.6) is 0 Å². The number of amides is 1. The molecule has 1 saturated heterocycles. The van der Waals surface area contributed by atoms with Crippen LogP contribution in [0.1, 0.15) is 18.4 Å². The van der Waals surface area contributed by atoms with Crippen molar-refractivity contribution in [2.24, 2.45) is 10.7 Å². The van der Waals surface area contributed by atoms with Crippen LogP contribution in [0, 0.1) is 0 Å². The van der Waals surface area contributed by atoms with Gasteiger partial charge in [-0.3, -0.25) is 9.79 Å². The summed E-state index contributed by atoms with van der Waals surface area (Å²) in [5.74, 6) is 0.442. The molecule has 1 aliphatic rings. The minimum absolute atomic E-state index is 0. The van der Waals surface area contributed by atoms with Crippen LogP contribution in [0.4, 0.5) is 0 Å². The highest BCUT2D eigenvalue weighted by molar-refractivity contribution is 14.0. The normalized spacial score (nSPS) is 20.3. The van der Waals surface area contributed by atoms with Gasteiger partial charge in [-0.15, -0.1) is 24.0 Å². The molecule has 0 bridgehead atoms. The quantitative estimate of drug-likeness (QED) is 0.393. The number of carbonyl (C=O) groups excluding carboxylic acids is 1. The molecule has 0 spiro atoms. The number of rotatable bonds is 6. The molecule has 2 rings (SSSR count). The largest absolute Gasteiger partial charge is 0.370 e. The number of aliphatic imine (C=N–C) groups is 1. The molecule has 1 aromatic rings. The van der Waals surface area contributed by atoms with Gasteiger partial charge in [-0.2, -0.15) is 0 Å². The first-order valence-electron chi connectivity index (χ1n) is 8.00. The number of hydrogen-bond donors (Lipinski definition) is 2. The zero-order valence-electron chi connectivity index (χ0n) is 14.3. The summed E-state index contributed by atoms with van der Waals surface area (Å²) < 4.78 is 5.73. The number of halogens is 1.